The molecule has 0 aliphatic heterocycles. The van der Waals surface area contributed by atoms with Gasteiger partial charge in [-0.15, -0.1) is 0 Å². The van der Waals surface area contributed by atoms with Crippen LogP contribution in [0.5, 0.6) is 5.75 Å². The van der Waals surface area contributed by atoms with Crippen LogP contribution in [-0.2, 0) is 6.54 Å². The highest BCUT2D eigenvalue weighted by molar-refractivity contribution is 6.30. The minimum absolute atomic E-state index is 0.600. The van der Waals surface area contributed by atoms with Crippen molar-refractivity contribution in [1.82, 2.24) is 5.32 Å². The average molecular weight is 254 g/mol. The van der Waals surface area contributed by atoms with E-state index in [9.17, 15) is 0 Å². The van der Waals surface area contributed by atoms with E-state index in [4.69, 9.17) is 16.3 Å². The summed E-state index contributed by atoms with van der Waals surface area (Å²) in [6.07, 6.45) is 2.06. The Morgan fingerprint density at radius 3 is 2.82 bits per heavy atom. The summed E-state index contributed by atoms with van der Waals surface area (Å²) in [4.78, 5) is 0. The first-order chi connectivity index (χ1) is 8.13. The number of hydrogen-bond acceptors (Lipinski definition) is 2. The maximum Gasteiger partial charge on any atom is 0.124 e. The van der Waals surface area contributed by atoms with Crippen LogP contribution >= 0.6 is 11.6 Å². The van der Waals surface area contributed by atoms with Crippen LogP contribution in [0.15, 0.2) is 29.8 Å². The van der Waals surface area contributed by atoms with Crippen molar-refractivity contribution in [2.75, 3.05) is 13.2 Å². The molecule has 0 fully saturated rings. The van der Waals surface area contributed by atoms with E-state index in [0.717, 1.165) is 29.4 Å². The number of nitrogens with one attached hydrogen (secondary N) is 1. The Morgan fingerprint density at radius 1 is 1.41 bits per heavy atom. The van der Waals surface area contributed by atoms with Crippen LogP contribution < -0.4 is 10.1 Å². The van der Waals surface area contributed by atoms with Gasteiger partial charge in [-0.2, -0.15) is 0 Å². The quantitative estimate of drug-likeness (QED) is 0.779. The minimum Gasteiger partial charge on any atom is -0.489 e. The highest BCUT2D eigenvalue weighted by Gasteiger charge is 2.03. The van der Waals surface area contributed by atoms with Gasteiger partial charge in [-0.3, -0.25) is 0 Å². The number of halogens is 1. The van der Waals surface area contributed by atoms with E-state index in [2.05, 4.69) is 32.2 Å². The van der Waals surface area contributed by atoms with Gasteiger partial charge in [-0.05, 0) is 44.7 Å². The molecule has 2 nitrogen and oxygen atoms in total. The van der Waals surface area contributed by atoms with Gasteiger partial charge in [0.1, 0.15) is 12.4 Å². The zero-order chi connectivity index (χ0) is 12.7. The molecule has 3 heteroatoms. The van der Waals surface area contributed by atoms with Gasteiger partial charge in [0.2, 0.25) is 0 Å². The fourth-order valence-corrected chi connectivity index (χ4v) is 1.58. The van der Waals surface area contributed by atoms with Crippen LogP contribution in [0.4, 0.5) is 0 Å². The minimum atomic E-state index is 0.600. The molecule has 1 aromatic carbocycles. The summed E-state index contributed by atoms with van der Waals surface area (Å²) in [7, 11) is 0. The molecule has 0 heterocycles. The maximum atomic E-state index is 5.98. The summed E-state index contributed by atoms with van der Waals surface area (Å²) in [6, 6.07) is 5.73. The number of rotatable bonds is 6. The van der Waals surface area contributed by atoms with Crippen molar-refractivity contribution in [3.63, 3.8) is 0 Å². The lowest BCUT2D eigenvalue weighted by Crippen LogP contribution is -2.13. The lowest BCUT2D eigenvalue weighted by Gasteiger charge is -2.11. The molecule has 0 saturated carbocycles. The van der Waals surface area contributed by atoms with Gasteiger partial charge in [0.25, 0.3) is 0 Å². The number of hydrogen-bond donors (Lipinski definition) is 1. The van der Waals surface area contributed by atoms with Crippen LogP contribution in [0.1, 0.15) is 26.3 Å². The predicted octanol–water partition coefficient (Wildman–Crippen LogP) is 3.79. The van der Waals surface area contributed by atoms with Crippen molar-refractivity contribution in [3.8, 4) is 5.75 Å². The Labute approximate surface area is 109 Å². The first-order valence-corrected chi connectivity index (χ1v) is 6.26. The first kappa shape index (κ1) is 14.1. The van der Waals surface area contributed by atoms with Gasteiger partial charge in [0.15, 0.2) is 0 Å². The van der Waals surface area contributed by atoms with Crippen LogP contribution in [0.25, 0.3) is 0 Å². The molecule has 0 saturated heterocycles. The zero-order valence-electron chi connectivity index (χ0n) is 10.7. The second kappa shape index (κ2) is 7.36. The van der Waals surface area contributed by atoms with Gasteiger partial charge in [-0.1, -0.05) is 24.1 Å². The van der Waals surface area contributed by atoms with Crippen molar-refractivity contribution in [2.24, 2.45) is 0 Å². The molecule has 0 unspecified atom stereocenters. The lowest BCUT2D eigenvalue weighted by molar-refractivity contribution is 0.357. The Hall–Kier alpha value is -0.990. The van der Waals surface area contributed by atoms with Gasteiger partial charge in [0.05, 0.1) is 0 Å². The van der Waals surface area contributed by atoms with Crippen molar-refractivity contribution in [2.45, 2.75) is 27.3 Å². The monoisotopic (exact) mass is 253 g/mol. The fourth-order valence-electron chi connectivity index (χ4n) is 1.38. The van der Waals surface area contributed by atoms with Crippen molar-refractivity contribution >= 4 is 11.6 Å². The van der Waals surface area contributed by atoms with Crippen molar-refractivity contribution in [1.29, 1.82) is 0 Å². The average Bonchev–Trinajstić information content (AvgIpc) is 2.28. The van der Waals surface area contributed by atoms with E-state index in [1.54, 1.807) is 0 Å². The van der Waals surface area contributed by atoms with Crippen LogP contribution in [-0.4, -0.2) is 13.2 Å². The molecular weight excluding hydrogens is 234 g/mol. The Morgan fingerprint density at radius 2 is 2.18 bits per heavy atom. The molecule has 0 amide bonds. The smallest absolute Gasteiger partial charge is 0.124 e. The summed E-state index contributed by atoms with van der Waals surface area (Å²) in [5.74, 6) is 0.896. The molecule has 0 bridgehead atoms. The Bertz CT molecular complexity index is 384. The molecule has 1 aromatic rings. The van der Waals surface area contributed by atoms with E-state index >= 15 is 0 Å². The normalized spacial score (nSPS) is 10.1. The third kappa shape index (κ3) is 5.24. The predicted molar refractivity (Wildman–Crippen MR) is 73.8 cm³/mol. The Balaban J connectivity index is 2.71. The van der Waals surface area contributed by atoms with Crippen LogP contribution in [0, 0.1) is 0 Å². The van der Waals surface area contributed by atoms with Crippen molar-refractivity contribution < 1.29 is 4.74 Å². The van der Waals surface area contributed by atoms with Gasteiger partial charge in [0, 0.05) is 17.1 Å². The van der Waals surface area contributed by atoms with Gasteiger partial charge < -0.3 is 10.1 Å². The van der Waals surface area contributed by atoms with E-state index < -0.39 is 0 Å². The molecule has 0 spiro atoms. The second-order valence-corrected chi connectivity index (χ2v) is 4.56. The summed E-state index contributed by atoms with van der Waals surface area (Å²) >= 11 is 5.98. The molecule has 17 heavy (non-hydrogen) atoms. The van der Waals surface area contributed by atoms with Crippen LogP contribution in [0.2, 0.25) is 5.02 Å². The molecular formula is C14H20ClNO. The van der Waals surface area contributed by atoms with Gasteiger partial charge >= 0.3 is 0 Å². The molecule has 94 valence electrons. The summed E-state index contributed by atoms with van der Waals surface area (Å²) in [6.45, 7) is 8.51. The number of ether oxygens (including phenoxy) is 1. The number of allylic oxidation sites excluding steroid dienone is 1. The standard InChI is InChI=1S/C14H20ClNO/c1-4-16-10-12-9-13(15)5-6-14(12)17-8-7-11(2)3/h5-7,9,16H,4,8,10H2,1-3H3. The van der Waals surface area contributed by atoms with E-state index in [1.807, 2.05) is 18.2 Å². The number of benzene rings is 1. The summed E-state index contributed by atoms with van der Waals surface area (Å²) < 4.78 is 5.72. The molecule has 1 rings (SSSR count). The lowest BCUT2D eigenvalue weighted by atomic mass is 10.2. The Kier molecular flexibility index (Phi) is 6.09. The third-order valence-corrected chi connectivity index (χ3v) is 2.55. The molecule has 0 atom stereocenters. The largest absolute Gasteiger partial charge is 0.489 e. The molecule has 0 radical (unpaired) electrons. The third-order valence-electron chi connectivity index (χ3n) is 2.32. The van der Waals surface area contributed by atoms with Crippen LogP contribution in [0.3, 0.4) is 0 Å². The highest BCUT2D eigenvalue weighted by atomic mass is 35.5. The highest BCUT2D eigenvalue weighted by Crippen LogP contribution is 2.22. The van der Waals surface area contributed by atoms with Gasteiger partial charge in [-0.25, -0.2) is 0 Å². The van der Waals surface area contributed by atoms with E-state index in [1.165, 1.54) is 5.57 Å². The molecule has 0 aliphatic rings. The summed E-state index contributed by atoms with van der Waals surface area (Å²) in [5.41, 5.74) is 2.36. The molecule has 0 aromatic heterocycles. The second-order valence-electron chi connectivity index (χ2n) is 4.12. The maximum absolute atomic E-state index is 5.98. The SMILES string of the molecule is CCNCc1cc(Cl)ccc1OCC=C(C)C. The zero-order valence-corrected chi connectivity index (χ0v) is 11.5. The topological polar surface area (TPSA) is 21.3 Å². The van der Waals surface area contributed by atoms with Crippen molar-refractivity contribution in [3.05, 3.63) is 40.4 Å². The first-order valence-electron chi connectivity index (χ1n) is 5.88. The summed E-state index contributed by atoms with van der Waals surface area (Å²) in [5, 5.41) is 4.02. The molecule has 1 N–H and O–H groups in total. The molecule has 0 aliphatic carbocycles. The fraction of sp³-hybridized carbons (Fsp3) is 0.429. The van der Waals surface area contributed by atoms with E-state index in [-0.39, 0.29) is 0 Å². The van der Waals surface area contributed by atoms with E-state index in [0.29, 0.717) is 6.61 Å².